The Morgan fingerprint density at radius 1 is 1.36 bits per heavy atom. The molecule has 0 radical (unpaired) electrons. The van der Waals surface area contributed by atoms with E-state index in [4.69, 9.17) is 4.74 Å². The van der Waals surface area contributed by atoms with E-state index in [-0.39, 0.29) is 12.0 Å². The first-order valence-electron chi connectivity index (χ1n) is 8.90. The Labute approximate surface area is 170 Å². The van der Waals surface area contributed by atoms with Crippen LogP contribution < -0.4 is 5.32 Å². The summed E-state index contributed by atoms with van der Waals surface area (Å²) in [5.41, 5.74) is 2.08. The van der Waals surface area contributed by atoms with Crippen molar-refractivity contribution in [2.45, 2.75) is 26.4 Å². The highest BCUT2D eigenvalue weighted by Gasteiger charge is 2.22. The molecule has 0 unspecified atom stereocenters. The average Bonchev–Trinajstić information content (AvgIpc) is 3.44. The van der Waals surface area contributed by atoms with Crippen LogP contribution in [0.25, 0.3) is 15.3 Å². The summed E-state index contributed by atoms with van der Waals surface area (Å²) in [5, 5.41) is 11.5. The van der Waals surface area contributed by atoms with Gasteiger partial charge in [-0.25, -0.2) is 19.4 Å². The highest BCUT2D eigenvalue weighted by Crippen LogP contribution is 2.26. The van der Waals surface area contributed by atoms with E-state index in [1.165, 1.54) is 11.3 Å². The predicted octanol–water partition coefficient (Wildman–Crippen LogP) is 3.97. The SMILES string of the molecule is CCOC(=O)c1cnn(-c2nc3ccccc3s2)c1CN[C@H](C)c1nccs1. The fourth-order valence-electron chi connectivity index (χ4n) is 2.82. The number of nitrogens with zero attached hydrogens (tertiary/aromatic N) is 4. The van der Waals surface area contributed by atoms with Crippen molar-refractivity contribution in [1.29, 1.82) is 0 Å². The minimum absolute atomic E-state index is 0.0498. The Kier molecular flexibility index (Phi) is 5.47. The van der Waals surface area contributed by atoms with Gasteiger partial charge in [-0.2, -0.15) is 5.10 Å². The van der Waals surface area contributed by atoms with Crippen LogP contribution in [0.1, 0.15) is 40.9 Å². The highest BCUT2D eigenvalue weighted by molar-refractivity contribution is 7.20. The van der Waals surface area contributed by atoms with Gasteiger partial charge in [-0.15, -0.1) is 11.3 Å². The quantitative estimate of drug-likeness (QED) is 0.462. The smallest absolute Gasteiger partial charge is 0.341 e. The zero-order chi connectivity index (χ0) is 19.5. The van der Waals surface area contributed by atoms with Gasteiger partial charge >= 0.3 is 5.97 Å². The normalized spacial score (nSPS) is 12.4. The number of para-hydroxylation sites is 1. The largest absolute Gasteiger partial charge is 0.462 e. The maximum atomic E-state index is 12.4. The van der Waals surface area contributed by atoms with Crippen LogP contribution in [0.4, 0.5) is 0 Å². The van der Waals surface area contributed by atoms with Crippen LogP contribution in [-0.4, -0.2) is 32.3 Å². The number of esters is 1. The minimum Gasteiger partial charge on any atom is -0.462 e. The molecule has 0 bridgehead atoms. The summed E-state index contributed by atoms with van der Waals surface area (Å²) in [7, 11) is 0. The number of thiazole rings is 2. The molecule has 7 nitrogen and oxygen atoms in total. The number of carbonyl (C=O) groups excluding carboxylic acids is 1. The van der Waals surface area contributed by atoms with Crippen molar-refractivity contribution < 1.29 is 9.53 Å². The number of ether oxygens (including phenoxy) is 1. The third-order valence-electron chi connectivity index (χ3n) is 4.23. The number of fused-ring (bicyclic) bond motifs is 1. The van der Waals surface area contributed by atoms with Crippen molar-refractivity contribution in [2.75, 3.05) is 6.61 Å². The zero-order valence-corrected chi connectivity index (χ0v) is 17.1. The van der Waals surface area contributed by atoms with E-state index in [1.807, 2.05) is 36.6 Å². The molecule has 0 aliphatic rings. The molecule has 1 atom stereocenters. The molecule has 9 heteroatoms. The van der Waals surface area contributed by atoms with Gasteiger partial charge in [0.05, 0.1) is 34.8 Å². The van der Waals surface area contributed by atoms with Crippen molar-refractivity contribution in [3.05, 3.63) is 58.3 Å². The van der Waals surface area contributed by atoms with Crippen molar-refractivity contribution in [3.8, 4) is 5.13 Å². The molecule has 4 aromatic rings. The van der Waals surface area contributed by atoms with Gasteiger partial charge in [-0.1, -0.05) is 23.5 Å². The molecule has 1 N–H and O–H groups in total. The Morgan fingerprint density at radius 3 is 2.96 bits per heavy atom. The van der Waals surface area contributed by atoms with Crippen molar-refractivity contribution in [3.63, 3.8) is 0 Å². The Hall–Kier alpha value is -2.62. The fraction of sp³-hybridized carbons (Fsp3) is 0.263. The molecule has 0 fully saturated rings. The lowest BCUT2D eigenvalue weighted by Gasteiger charge is -2.13. The topological polar surface area (TPSA) is 81.9 Å². The summed E-state index contributed by atoms with van der Waals surface area (Å²) in [4.78, 5) is 21.4. The van der Waals surface area contributed by atoms with E-state index in [0.29, 0.717) is 18.7 Å². The summed E-state index contributed by atoms with van der Waals surface area (Å²) >= 11 is 3.13. The van der Waals surface area contributed by atoms with Crippen LogP contribution in [0.3, 0.4) is 0 Å². The van der Waals surface area contributed by atoms with Crippen molar-refractivity contribution in [1.82, 2.24) is 25.1 Å². The van der Waals surface area contributed by atoms with E-state index in [9.17, 15) is 4.79 Å². The number of benzene rings is 1. The van der Waals surface area contributed by atoms with Gasteiger partial charge in [0.1, 0.15) is 10.6 Å². The molecule has 3 heterocycles. The number of hydrogen-bond donors (Lipinski definition) is 1. The molecule has 0 saturated carbocycles. The molecule has 0 aliphatic carbocycles. The number of aromatic nitrogens is 4. The van der Waals surface area contributed by atoms with Crippen molar-refractivity contribution >= 4 is 38.9 Å². The van der Waals surface area contributed by atoms with E-state index >= 15 is 0 Å². The third-order valence-corrected chi connectivity index (χ3v) is 6.20. The number of nitrogens with one attached hydrogen (secondary N) is 1. The van der Waals surface area contributed by atoms with Gasteiger partial charge in [0, 0.05) is 18.1 Å². The van der Waals surface area contributed by atoms with Crippen LogP contribution in [0, 0.1) is 0 Å². The molecule has 4 rings (SSSR count). The molecule has 0 amide bonds. The summed E-state index contributed by atoms with van der Waals surface area (Å²) in [6, 6.07) is 7.98. The van der Waals surface area contributed by atoms with Gasteiger partial charge in [0.15, 0.2) is 0 Å². The van der Waals surface area contributed by atoms with Crippen LogP contribution in [0.2, 0.25) is 0 Å². The van der Waals surface area contributed by atoms with Crippen LogP contribution in [-0.2, 0) is 11.3 Å². The summed E-state index contributed by atoms with van der Waals surface area (Å²) < 4.78 is 8.00. The second-order valence-electron chi connectivity index (χ2n) is 6.07. The van der Waals surface area contributed by atoms with Crippen molar-refractivity contribution in [2.24, 2.45) is 0 Å². The van der Waals surface area contributed by atoms with E-state index in [1.54, 1.807) is 35.3 Å². The molecule has 1 aromatic carbocycles. The molecule has 0 aliphatic heterocycles. The average molecular weight is 414 g/mol. The maximum absolute atomic E-state index is 12.4. The Morgan fingerprint density at radius 2 is 2.21 bits per heavy atom. The lowest BCUT2D eigenvalue weighted by atomic mass is 10.2. The summed E-state index contributed by atoms with van der Waals surface area (Å²) in [5.74, 6) is -0.381. The van der Waals surface area contributed by atoms with Gasteiger partial charge in [-0.3, -0.25) is 0 Å². The van der Waals surface area contributed by atoms with E-state index in [0.717, 1.165) is 26.0 Å². The zero-order valence-electron chi connectivity index (χ0n) is 15.5. The highest BCUT2D eigenvalue weighted by atomic mass is 32.1. The van der Waals surface area contributed by atoms with Gasteiger partial charge < -0.3 is 10.1 Å². The van der Waals surface area contributed by atoms with Crippen LogP contribution in [0.15, 0.2) is 42.0 Å². The molecular weight excluding hydrogens is 394 g/mol. The maximum Gasteiger partial charge on any atom is 0.341 e. The summed E-state index contributed by atoms with van der Waals surface area (Å²) in [6.07, 6.45) is 3.34. The monoisotopic (exact) mass is 413 g/mol. The number of hydrogen-bond acceptors (Lipinski definition) is 8. The second-order valence-corrected chi connectivity index (χ2v) is 8.01. The molecule has 28 heavy (non-hydrogen) atoms. The molecule has 0 saturated heterocycles. The number of carbonyl (C=O) groups is 1. The first-order valence-corrected chi connectivity index (χ1v) is 10.6. The minimum atomic E-state index is -0.381. The Bertz CT molecular complexity index is 1050. The first-order chi connectivity index (χ1) is 13.7. The van der Waals surface area contributed by atoms with Crippen LogP contribution >= 0.6 is 22.7 Å². The number of rotatable bonds is 7. The van der Waals surface area contributed by atoms with E-state index in [2.05, 4.69) is 20.4 Å². The van der Waals surface area contributed by atoms with Gasteiger partial charge in [-0.05, 0) is 26.0 Å². The molecule has 0 spiro atoms. The lowest BCUT2D eigenvalue weighted by molar-refractivity contribution is 0.0525. The van der Waals surface area contributed by atoms with Gasteiger partial charge in [0.2, 0.25) is 5.13 Å². The lowest BCUT2D eigenvalue weighted by Crippen LogP contribution is -2.22. The standard InChI is InChI=1S/C19H19N5O2S2/c1-3-26-18(25)13-10-22-24(19-23-14-6-4-5-7-16(14)28-19)15(13)11-21-12(2)17-20-8-9-27-17/h4-10,12,21H,3,11H2,1-2H3/t12-/m1/s1. The third kappa shape index (κ3) is 3.68. The Balaban J connectivity index is 1.68. The van der Waals surface area contributed by atoms with E-state index < -0.39 is 0 Å². The molecule has 3 aromatic heterocycles. The molecule has 144 valence electrons. The van der Waals surface area contributed by atoms with Gasteiger partial charge in [0.25, 0.3) is 0 Å². The molecular formula is C19H19N5O2S2. The second kappa shape index (κ2) is 8.17. The van der Waals surface area contributed by atoms with Crippen LogP contribution in [0.5, 0.6) is 0 Å². The first kappa shape index (κ1) is 18.7. The summed E-state index contributed by atoms with van der Waals surface area (Å²) in [6.45, 7) is 4.58. The predicted molar refractivity (Wildman–Crippen MR) is 110 cm³/mol. The fourth-order valence-corrected chi connectivity index (χ4v) is 4.44.